The van der Waals surface area contributed by atoms with Gasteiger partial charge in [-0.15, -0.1) is 0 Å². The number of thioether (sulfide) groups is 1. The Labute approximate surface area is 108 Å². The van der Waals surface area contributed by atoms with Gasteiger partial charge in [0.25, 0.3) is 0 Å². The van der Waals surface area contributed by atoms with Gasteiger partial charge in [-0.25, -0.2) is 0 Å². The van der Waals surface area contributed by atoms with Crippen molar-refractivity contribution in [1.29, 1.82) is 0 Å². The van der Waals surface area contributed by atoms with Gasteiger partial charge in [-0.1, -0.05) is 19.1 Å². The van der Waals surface area contributed by atoms with Crippen LogP contribution in [0.15, 0.2) is 12.1 Å². The summed E-state index contributed by atoms with van der Waals surface area (Å²) in [6.45, 7) is 6.24. The molecule has 0 radical (unpaired) electrons. The largest absolute Gasteiger partial charge is 0.496 e. The number of aliphatic hydroxyl groups excluding tert-OH is 1. The fourth-order valence-electron chi connectivity index (χ4n) is 1.77. The quantitative estimate of drug-likeness (QED) is 0.788. The van der Waals surface area contributed by atoms with E-state index in [4.69, 9.17) is 4.74 Å². The minimum atomic E-state index is -0.444. The van der Waals surface area contributed by atoms with Crippen molar-refractivity contribution in [2.75, 3.05) is 18.6 Å². The first-order chi connectivity index (χ1) is 8.11. The molecule has 0 amide bonds. The molecule has 0 aliphatic rings. The van der Waals surface area contributed by atoms with Crippen LogP contribution in [0.1, 0.15) is 36.1 Å². The number of ether oxygens (including phenoxy) is 1. The fraction of sp³-hybridized carbons (Fsp3) is 0.571. The van der Waals surface area contributed by atoms with Crippen LogP contribution >= 0.6 is 11.8 Å². The molecule has 3 heteroatoms. The highest BCUT2D eigenvalue weighted by atomic mass is 32.2. The van der Waals surface area contributed by atoms with Gasteiger partial charge >= 0.3 is 0 Å². The molecule has 0 spiro atoms. The van der Waals surface area contributed by atoms with E-state index in [1.807, 2.05) is 19.1 Å². The molecular formula is C14H22O2S. The predicted molar refractivity (Wildman–Crippen MR) is 75.0 cm³/mol. The molecule has 1 N–H and O–H groups in total. The Morgan fingerprint density at radius 2 is 2.06 bits per heavy atom. The standard InChI is InChI=1S/C14H22O2S/c1-5-8-17-9-13(15)12-7-6-10(2)11(3)14(12)16-4/h6-7,13,15H,5,8-9H2,1-4H3. The topological polar surface area (TPSA) is 29.5 Å². The molecule has 1 aromatic rings. The first-order valence-electron chi connectivity index (χ1n) is 6.01. The summed E-state index contributed by atoms with van der Waals surface area (Å²) in [6, 6.07) is 4.01. The van der Waals surface area contributed by atoms with E-state index in [1.54, 1.807) is 18.9 Å². The lowest BCUT2D eigenvalue weighted by Crippen LogP contribution is -2.05. The highest BCUT2D eigenvalue weighted by molar-refractivity contribution is 7.99. The maximum Gasteiger partial charge on any atom is 0.127 e. The lowest BCUT2D eigenvalue weighted by Gasteiger charge is -2.17. The smallest absolute Gasteiger partial charge is 0.127 e. The van der Waals surface area contributed by atoms with Crippen molar-refractivity contribution in [3.63, 3.8) is 0 Å². The number of rotatable bonds is 6. The molecule has 1 unspecified atom stereocenters. The van der Waals surface area contributed by atoms with Crippen molar-refractivity contribution in [2.45, 2.75) is 33.3 Å². The number of benzene rings is 1. The van der Waals surface area contributed by atoms with E-state index in [2.05, 4.69) is 13.8 Å². The molecule has 1 aromatic carbocycles. The maximum absolute atomic E-state index is 10.2. The van der Waals surface area contributed by atoms with Gasteiger partial charge in [-0.2, -0.15) is 11.8 Å². The van der Waals surface area contributed by atoms with Crippen LogP contribution in [0.5, 0.6) is 5.75 Å². The lowest BCUT2D eigenvalue weighted by atomic mass is 10.0. The van der Waals surface area contributed by atoms with Gasteiger partial charge < -0.3 is 9.84 Å². The molecule has 2 nitrogen and oxygen atoms in total. The highest BCUT2D eigenvalue weighted by Crippen LogP contribution is 2.32. The molecular weight excluding hydrogens is 232 g/mol. The van der Waals surface area contributed by atoms with Gasteiger partial charge in [0.15, 0.2) is 0 Å². The summed E-state index contributed by atoms with van der Waals surface area (Å²) in [7, 11) is 1.66. The van der Waals surface area contributed by atoms with E-state index in [0.29, 0.717) is 0 Å². The van der Waals surface area contributed by atoms with Gasteiger partial charge in [-0.05, 0) is 37.1 Å². The van der Waals surface area contributed by atoms with Crippen molar-refractivity contribution in [1.82, 2.24) is 0 Å². The average Bonchev–Trinajstić information content (AvgIpc) is 2.32. The van der Waals surface area contributed by atoms with Gasteiger partial charge in [0, 0.05) is 11.3 Å². The number of aliphatic hydroxyl groups is 1. The van der Waals surface area contributed by atoms with E-state index in [9.17, 15) is 5.11 Å². The Morgan fingerprint density at radius 1 is 1.35 bits per heavy atom. The molecule has 0 heterocycles. The summed E-state index contributed by atoms with van der Waals surface area (Å²) in [5.41, 5.74) is 3.21. The van der Waals surface area contributed by atoms with Crippen molar-refractivity contribution >= 4 is 11.8 Å². The van der Waals surface area contributed by atoms with Crippen LogP contribution in [-0.2, 0) is 0 Å². The van der Waals surface area contributed by atoms with Crippen LogP contribution < -0.4 is 4.74 Å². The van der Waals surface area contributed by atoms with E-state index < -0.39 is 6.10 Å². The van der Waals surface area contributed by atoms with E-state index in [1.165, 1.54) is 5.56 Å². The maximum atomic E-state index is 10.2. The van der Waals surface area contributed by atoms with Crippen molar-refractivity contribution in [3.05, 3.63) is 28.8 Å². The Morgan fingerprint density at radius 3 is 2.65 bits per heavy atom. The summed E-state index contributed by atoms with van der Waals surface area (Å²) < 4.78 is 5.42. The Balaban J connectivity index is 2.85. The number of hydrogen-bond acceptors (Lipinski definition) is 3. The fourth-order valence-corrected chi connectivity index (χ4v) is 2.63. The van der Waals surface area contributed by atoms with Crippen molar-refractivity contribution in [2.24, 2.45) is 0 Å². The molecule has 0 aliphatic carbocycles. The van der Waals surface area contributed by atoms with Crippen molar-refractivity contribution < 1.29 is 9.84 Å². The van der Waals surface area contributed by atoms with Gasteiger partial charge in [0.05, 0.1) is 13.2 Å². The van der Waals surface area contributed by atoms with E-state index in [0.717, 1.165) is 34.8 Å². The summed E-state index contributed by atoms with van der Waals surface area (Å²) in [5.74, 6) is 2.64. The molecule has 96 valence electrons. The molecule has 1 atom stereocenters. The van der Waals surface area contributed by atoms with E-state index in [-0.39, 0.29) is 0 Å². The Hall–Kier alpha value is -0.670. The number of aryl methyl sites for hydroxylation is 1. The van der Waals surface area contributed by atoms with Gasteiger partial charge in [0.1, 0.15) is 5.75 Å². The summed E-state index contributed by atoms with van der Waals surface area (Å²) in [6.07, 6.45) is 0.697. The van der Waals surface area contributed by atoms with Crippen LogP contribution in [0, 0.1) is 13.8 Å². The predicted octanol–water partition coefficient (Wildman–Crippen LogP) is 3.49. The van der Waals surface area contributed by atoms with Crippen molar-refractivity contribution in [3.8, 4) is 5.75 Å². The van der Waals surface area contributed by atoms with Crippen LogP contribution in [0.4, 0.5) is 0 Å². The zero-order valence-electron chi connectivity index (χ0n) is 11.1. The zero-order chi connectivity index (χ0) is 12.8. The van der Waals surface area contributed by atoms with Crippen LogP contribution in [0.25, 0.3) is 0 Å². The van der Waals surface area contributed by atoms with Gasteiger partial charge in [-0.3, -0.25) is 0 Å². The lowest BCUT2D eigenvalue weighted by molar-refractivity contribution is 0.199. The summed E-state index contributed by atoms with van der Waals surface area (Å²) in [5, 5.41) is 10.2. The molecule has 17 heavy (non-hydrogen) atoms. The average molecular weight is 254 g/mol. The third-order valence-electron chi connectivity index (χ3n) is 2.89. The molecule has 1 rings (SSSR count). The van der Waals surface area contributed by atoms with Crippen LogP contribution in [0.2, 0.25) is 0 Å². The van der Waals surface area contributed by atoms with Gasteiger partial charge in [0.2, 0.25) is 0 Å². The summed E-state index contributed by atoms with van der Waals surface area (Å²) >= 11 is 1.78. The molecule has 0 aliphatic heterocycles. The SMILES string of the molecule is CCCSCC(O)c1ccc(C)c(C)c1OC. The molecule has 0 aromatic heterocycles. The Kier molecular flexibility index (Phi) is 5.86. The highest BCUT2D eigenvalue weighted by Gasteiger charge is 2.15. The normalized spacial score (nSPS) is 12.5. The van der Waals surface area contributed by atoms with Crippen LogP contribution in [-0.4, -0.2) is 23.7 Å². The number of methoxy groups -OCH3 is 1. The molecule has 0 saturated carbocycles. The zero-order valence-corrected chi connectivity index (χ0v) is 11.9. The summed E-state index contributed by atoms with van der Waals surface area (Å²) in [4.78, 5) is 0. The first-order valence-corrected chi connectivity index (χ1v) is 7.17. The molecule has 0 fully saturated rings. The first kappa shape index (κ1) is 14.4. The molecule has 0 bridgehead atoms. The monoisotopic (exact) mass is 254 g/mol. The minimum Gasteiger partial charge on any atom is -0.496 e. The second kappa shape index (κ2) is 6.92. The second-order valence-corrected chi connectivity index (χ2v) is 5.37. The second-order valence-electron chi connectivity index (χ2n) is 4.22. The minimum absolute atomic E-state index is 0.444. The Bertz CT molecular complexity index is 363. The number of hydrogen-bond donors (Lipinski definition) is 1. The van der Waals surface area contributed by atoms with E-state index >= 15 is 0 Å². The third-order valence-corrected chi connectivity index (χ3v) is 4.14. The van der Waals surface area contributed by atoms with Crippen LogP contribution in [0.3, 0.4) is 0 Å². The molecule has 0 saturated heterocycles. The third kappa shape index (κ3) is 3.65.